The number of hydrogen-bond acceptors (Lipinski definition) is 9. The summed E-state index contributed by atoms with van der Waals surface area (Å²) in [7, 11) is -4.00. The van der Waals surface area contributed by atoms with Crippen molar-refractivity contribution in [2.45, 2.75) is 25.3 Å². The number of sulfonamides is 1. The van der Waals surface area contributed by atoms with Crippen LogP contribution in [-0.2, 0) is 16.6 Å². The largest absolute Gasteiger partial charge is 0.445 e. The van der Waals surface area contributed by atoms with Gasteiger partial charge in [0.15, 0.2) is 5.13 Å². The van der Waals surface area contributed by atoms with E-state index >= 15 is 0 Å². The number of fused-ring (bicyclic) bond motifs is 1. The molecule has 0 saturated heterocycles. The second-order valence-corrected chi connectivity index (χ2v) is 11.6. The fourth-order valence-electron chi connectivity index (χ4n) is 4.23. The number of benzene rings is 3. The number of anilines is 2. The van der Waals surface area contributed by atoms with Crippen LogP contribution in [0.2, 0.25) is 0 Å². The second-order valence-electron chi connectivity index (χ2n) is 8.87. The van der Waals surface area contributed by atoms with Gasteiger partial charge in [-0.25, -0.2) is 23.1 Å². The van der Waals surface area contributed by atoms with Crippen molar-refractivity contribution in [1.29, 1.82) is 0 Å². The summed E-state index contributed by atoms with van der Waals surface area (Å²) >= 11 is 1.56. The van der Waals surface area contributed by atoms with E-state index < -0.39 is 10.0 Å². The van der Waals surface area contributed by atoms with Crippen LogP contribution < -0.4 is 10.0 Å². The van der Waals surface area contributed by atoms with E-state index in [0.29, 0.717) is 29.3 Å². The Labute approximate surface area is 228 Å². The van der Waals surface area contributed by atoms with Crippen molar-refractivity contribution < 1.29 is 17.4 Å². The highest BCUT2D eigenvalue weighted by Gasteiger charge is 2.24. The lowest BCUT2D eigenvalue weighted by molar-refractivity contribution is 0.430. The van der Waals surface area contributed by atoms with Crippen LogP contribution in [-0.4, -0.2) is 23.5 Å². The van der Waals surface area contributed by atoms with E-state index in [1.165, 1.54) is 6.26 Å². The summed E-state index contributed by atoms with van der Waals surface area (Å²) in [4.78, 5) is 9.06. The Morgan fingerprint density at radius 3 is 2.56 bits per heavy atom. The van der Waals surface area contributed by atoms with Crippen LogP contribution in [0, 0.1) is 13.8 Å². The number of hydrogen-bond donors (Lipinski definition) is 2. The van der Waals surface area contributed by atoms with E-state index in [0.717, 1.165) is 32.0 Å². The smallest absolute Gasteiger partial charge is 0.264 e. The molecule has 6 rings (SSSR count). The SMILES string of the molecule is Cc1noc(NS(=O)(=O)c2ccccc2-c2ccc(-c3ncco3)cc2CNc2nc3ccccc3s2)c1C. The predicted octanol–water partition coefficient (Wildman–Crippen LogP) is 6.64. The Hall–Kier alpha value is -4.48. The molecule has 0 aliphatic rings. The van der Waals surface area contributed by atoms with Crippen LogP contribution in [0.15, 0.2) is 93.0 Å². The average molecular weight is 558 g/mol. The van der Waals surface area contributed by atoms with Crippen molar-refractivity contribution in [2.75, 3.05) is 10.0 Å². The van der Waals surface area contributed by atoms with Gasteiger partial charge in [-0.3, -0.25) is 0 Å². The van der Waals surface area contributed by atoms with Gasteiger partial charge in [-0.2, -0.15) is 0 Å². The average Bonchev–Trinajstić information content (AvgIpc) is 3.69. The molecule has 3 aromatic heterocycles. The molecule has 0 saturated carbocycles. The molecule has 6 aromatic rings. The van der Waals surface area contributed by atoms with Crippen molar-refractivity contribution in [2.24, 2.45) is 0 Å². The van der Waals surface area contributed by atoms with Crippen LogP contribution in [0.1, 0.15) is 16.8 Å². The summed E-state index contributed by atoms with van der Waals surface area (Å²) in [5, 5.41) is 8.04. The lowest BCUT2D eigenvalue weighted by atomic mass is 9.97. The topological polar surface area (TPSA) is 123 Å². The number of oxazole rings is 1. The molecule has 2 N–H and O–H groups in total. The van der Waals surface area contributed by atoms with Gasteiger partial charge in [0.25, 0.3) is 10.0 Å². The van der Waals surface area contributed by atoms with E-state index in [1.807, 2.05) is 48.5 Å². The van der Waals surface area contributed by atoms with E-state index in [9.17, 15) is 8.42 Å². The number of aryl methyl sites for hydroxylation is 1. The minimum absolute atomic E-state index is 0.0965. The third kappa shape index (κ3) is 4.89. The van der Waals surface area contributed by atoms with Gasteiger partial charge in [-0.05, 0) is 55.3 Å². The first-order chi connectivity index (χ1) is 18.9. The Balaban J connectivity index is 1.41. The minimum atomic E-state index is -4.00. The Bertz CT molecular complexity index is 1860. The number of para-hydroxylation sites is 1. The van der Waals surface area contributed by atoms with Crippen LogP contribution in [0.4, 0.5) is 11.0 Å². The molecule has 0 radical (unpaired) electrons. The molecule has 0 aliphatic carbocycles. The quantitative estimate of drug-likeness (QED) is 0.214. The first-order valence-corrected chi connectivity index (χ1v) is 14.4. The van der Waals surface area contributed by atoms with Crippen molar-refractivity contribution in [3.63, 3.8) is 0 Å². The van der Waals surface area contributed by atoms with E-state index in [4.69, 9.17) is 8.94 Å². The summed E-state index contributed by atoms with van der Waals surface area (Å²) in [6.45, 7) is 3.90. The Morgan fingerprint density at radius 1 is 0.974 bits per heavy atom. The summed E-state index contributed by atoms with van der Waals surface area (Å²) < 4.78 is 41.5. The number of thiazole rings is 1. The normalized spacial score (nSPS) is 11.6. The zero-order valence-electron chi connectivity index (χ0n) is 21.0. The molecule has 11 heteroatoms. The first kappa shape index (κ1) is 24.8. The molecule has 0 unspecified atom stereocenters. The standard InChI is InChI=1S/C28H23N5O4S2/c1-17-18(2)32-37-26(17)33-39(34,35)25-10-6-3-7-22(25)21-12-11-19(27-29-13-14-36-27)15-20(21)16-30-28-31-23-8-4-5-9-24(23)38-28/h3-15,33H,16H2,1-2H3,(H,30,31). The molecule has 9 nitrogen and oxygen atoms in total. The molecular formula is C28H23N5O4S2. The van der Waals surface area contributed by atoms with E-state index in [2.05, 4.69) is 25.2 Å². The van der Waals surface area contributed by atoms with Crippen LogP contribution in [0.25, 0.3) is 32.8 Å². The number of rotatable bonds is 8. The van der Waals surface area contributed by atoms with Gasteiger partial charge in [0.1, 0.15) is 6.26 Å². The molecule has 196 valence electrons. The fraction of sp³-hybridized carbons (Fsp3) is 0.107. The number of aromatic nitrogens is 3. The molecule has 0 amide bonds. The summed E-state index contributed by atoms with van der Waals surface area (Å²) in [6, 6.07) is 20.5. The van der Waals surface area contributed by atoms with Crippen molar-refractivity contribution in [1.82, 2.24) is 15.1 Å². The van der Waals surface area contributed by atoms with Gasteiger partial charge in [0, 0.05) is 23.2 Å². The van der Waals surface area contributed by atoms with Crippen LogP contribution in [0.5, 0.6) is 0 Å². The zero-order chi connectivity index (χ0) is 27.0. The first-order valence-electron chi connectivity index (χ1n) is 12.1. The molecule has 3 aromatic carbocycles. The van der Waals surface area contributed by atoms with Gasteiger partial charge in [-0.1, -0.05) is 52.9 Å². The van der Waals surface area contributed by atoms with Crippen molar-refractivity contribution in [3.05, 3.63) is 96.0 Å². The highest BCUT2D eigenvalue weighted by Crippen LogP contribution is 2.35. The van der Waals surface area contributed by atoms with Gasteiger partial charge >= 0.3 is 0 Å². The predicted molar refractivity (Wildman–Crippen MR) is 151 cm³/mol. The molecular weight excluding hydrogens is 534 g/mol. The zero-order valence-corrected chi connectivity index (χ0v) is 22.6. The molecule has 0 fully saturated rings. The highest BCUT2D eigenvalue weighted by atomic mass is 32.2. The monoisotopic (exact) mass is 557 g/mol. The van der Waals surface area contributed by atoms with Gasteiger partial charge in [-0.15, -0.1) is 0 Å². The van der Waals surface area contributed by atoms with Gasteiger partial charge in [0.05, 0.1) is 27.0 Å². The summed E-state index contributed by atoms with van der Waals surface area (Å²) in [6.07, 6.45) is 3.10. The third-order valence-corrected chi connectivity index (χ3v) is 8.74. The van der Waals surface area contributed by atoms with Gasteiger partial charge in [0.2, 0.25) is 11.8 Å². The molecule has 0 spiro atoms. The van der Waals surface area contributed by atoms with Gasteiger partial charge < -0.3 is 14.3 Å². The van der Waals surface area contributed by atoms with Crippen LogP contribution in [0.3, 0.4) is 0 Å². The van der Waals surface area contributed by atoms with E-state index in [-0.39, 0.29) is 10.8 Å². The second kappa shape index (κ2) is 10.0. The van der Waals surface area contributed by atoms with Crippen LogP contribution >= 0.6 is 11.3 Å². The molecule has 0 aliphatic heterocycles. The molecule has 0 bridgehead atoms. The maximum absolute atomic E-state index is 13.6. The molecule has 0 atom stereocenters. The maximum atomic E-state index is 13.6. The Morgan fingerprint density at radius 2 is 1.79 bits per heavy atom. The summed E-state index contributed by atoms with van der Waals surface area (Å²) in [5.41, 5.74) is 5.07. The van der Waals surface area contributed by atoms with Crippen molar-refractivity contribution in [3.8, 4) is 22.6 Å². The lowest BCUT2D eigenvalue weighted by Gasteiger charge is -2.16. The number of nitrogens with zero attached hydrogens (tertiary/aromatic N) is 3. The highest BCUT2D eigenvalue weighted by molar-refractivity contribution is 7.92. The maximum Gasteiger partial charge on any atom is 0.264 e. The lowest BCUT2D eigenvalue weighted by Crippen LogP contribution is -2.14. The van der Waals surface area contributed by atoms with Crippen molar-refractivity contribution >= 4 is 42.6 Å². The minimum Gasteiger partial charge on any atom is -0.445 e. The number of nitrogens with one attached hydrogen (secondary N) is 2. The fourth-order valence-corrected chi connectivity index (χ4v) is 6.36. The van der Waals surface area contributed by atoms with E-state index in [1.54, 1.807) is 49.6 Å². The summed E-state index contributed by atoms with van der Waals surface area (Å²) in [5.74, 6) is 0.570. The molecule has 3 heterocycles. The Kier molecular flexibility index (Phi) is 6.37. The molecule has 39 heavy (non-hydrogen) atoms. The third-order valence-electron chi connectivity index (χ3n) is 6.36.